The Morgan fingerprint density at radius 1 is 1.69 bits per heavy atom. The Morgan fingerprint density at radius 2 is 2.46 bits per heavy atom. The number of aromatic nitrogens is 1. The number of carbonyl (C=O) groups is 1. The zero-order valence-electron chi connectivity index (χ0n) is 7.19. The second-order valence-electron chi connectivity index (χ2n) is 3.33. The standard InChI is InChI=1S/C9H11NO3/c11-8(12)4-3-7-5-10-9(13-7)6-1-2-6/h5-6H,1-4H2,(H,11,12). The molecule has 0 aliphatic heterocycles. The van der Waals surface area contributed by atoms with Gasteiger partial charge in [-0.25, -0.2) is 4.98 Å². The first-order valence-electron chi connectivity index (χ1n) is 4.42. The summed E-state index contributed by atoms with van der Waals surface area (Å²) in [5.74, 6) is 1.16. The number of nitrogens with zero attached hydrogens (tertiary/aromatic N) is 1. The van der Waals surface area contributed by atoms with Gasteiger partial charge in [-0.05, 0) is 12.8 Å². The largest absolute Gasteiger partial charge is 0.481 e. The molecular formula is C9H11NO3. The number of aryl methyl sites for hydroxylation is 1. The van der Waals surface area contributed by atoms with Crippen LogP contribution < -0.4 is 0 Å². The van der Waals surface area contributed by atoms with Gasteiger partial charge in [-0.2, -0.15) is 0 Å². The number of oxazole rings is 1. The van der Waals surface area contributed by atoms with Crippen LogP contribution in [0.5, 0.6) is 0 Å². The SMILES string of the molecule is O=C(O)CCc1cnc(C2CC2)o1. The van der Waals surface area contributed by atoms with Crippen molar-refractivity contribution in [3.05, 3.63) is 17.8 Å². The first kappa shape index (κ1) is 8.29. The minimum Gasteiger partial charge on any atom is -0.481 e. The lowest BCUT2D eigenvalue weighted by atomic mass is 10.3. The van der Waals surface area contributed by atoms with Crippen molar-refractivity contribution in [3.63, 3.8) is 0 Å². The molecule has 0 unspecified atom stereocenters. The topological polar surface area (TPSA) is 63.3 Å². The maximum atomic E-state index is 10.3. The van der Waals surface area contributed by atoms with Crippen LogP contribution in [0.4, 0.5) is 0 Å². The fraction of sp³-hybridized carbons (Fsp3) is 0.556. The van der Waals surface area contributed by atoms with E-state index in [1.807, 2.05) is 0 Å². The van der Waals surface area contributed by atoms with Gasteiger partial charge >= 0.3 is 5.97 Å². The second kappa shape index (κ2) is 3.20. The average molecular weight is 181 g/mol. The van der Waals surface area contributed by atoms with Gasteiger partial charge in [0.1, 0.15) is 5.76 Å². The normalized spacial score (nSPS) is 16.0. The Morgan fingerprint density at radius 3 is 3.08 bits per heavy atom. The fourth-order valence-corrected chi connectivity index (χ4v) is 1.19. The molecule has 1 N–H and O–H groups in total. The predicted octanol–water partition coefficient (Wildman–Crippen LogP) is 1.57. The predicted molar refractivity (Wildman–Crippen MR) is 44.4 cm³/mol. The molecule has 0 radical (unpaired) electrons. The summed E-state index contributed by atoms with van der Waals surface area (Å²) in [7, 11) is 0. The molecule has 2 rings (SSSR count). The molecule has 0 bridgehead atoms. The summed E-state index contributed by atoms with van der Waals surface area (Å²) in [5.41, 5.74) is 0. The molecule has 0 spiro atoms. The van der Waals surface area contributed by atoms with E-state index < -0.39 is 5.97 Å². The van der Waals surface area contributed by atoms with Crippen LogP contribution in [0.2, 0.25) is 0 Å². The molecule has 1 aromatic heterocycles. The number of rotatable bonds is 4. The highest BCUT2D eigenvalue weighted by Crippen LogP contribution is 2.39. The van der Waals surface area contributed by atoms with Gasteiger partial charge in [0.15, 0.2) is 5.89 Å². The minimum absolute atomic E-state index is 0.110. The Hall–Kier alpha value is -1.32. The van der Waals surface area contributed by atoms with Gasteiger partial charge < -0.3 is 9.52 Å². The first-order valence-corrected chi connectivity index (χ1v) is 4.42. The van der Waals surface area contributed by atoms with Crippen LogP contribution in [0.1, 0.15) is 36.8 Å². The molecule has 1 heterocycles. The third kappa shape index (κ3) is 2.08. The quantitative estimate of drug-likeness (QED) is 0.765. The molecule has 13 heavy (non-hydrogen) atoms. The third-order valence-corrected chi connectivity index (χ3v) is 2.08. The Labute approximate surface area is 75.6 Å². The van der Waals surface area contributed by atoms with Crippen molar-refractivity contribution in [2.75, 3.05) is 0 Å². The zero-order valence-corrected chi connectivity index (χ0v) is 7.19. The summed E-state index contributed by atoms with van der Waals surface area (Å²) in [6.07, 6.45) is 4.49. The van der Waals surface area contributed by atoms with Crippen molar-refractivity contribution in [1.29, 1.82) is 0 Å². The molecular weight excluding hydrogens is 170 g/mol. The summed E-state index contributed by atoms with van der Waals surface area (Å²) in [6, 6.07) is 0. The smallest absolute Gasteiger partial charge is 0.303 e. The number of hydrogen-bond donors (Lipinski definition) is 1. The molecule has 0 saturated heterocycles. The lowest BCUT2D eigenvalue weighted by molar-refractivity contribution is -0.137. The average Bonchev–Trinajstić information content (AvgIpc) is 2.83. The summed E-state index contributed by atoms with van der Waals surface area (Å²) >= 11 is 0. The Balaban J connectivity index is 1.92. The molecule has 4 heteroatoms. The van der Waals surface area contributed by atoms with Gasteiger partial charge in [0.25, 0.3) is 0 Å². The maximum Gasteiger partial charge on any atom is 0.303 e. The number of aliphatic carboxylic acids is 1. The van der Waals surface area contributed by atoms with E-state index in [-0.39, 0.29) is 6.42 Å². The van der Waals surface area contributed by atoms with E-state index in [0.717, 1.165) is 18.7 Å². The monoisotopic (exact) mass is 181 g/mol. The summed E-state index contributed by atoms with van der Waals surface area (Å²) in [5, 5.41) is 8.44. The van der Waals surface area contributed by atoms with E-state index in [0.29, 0.717) is 18.1 Å². The van der Waals surface area contributed by atoms with E-state index in [4.69, 9.17) is 9.52 Å². The number of carboxylic acid groups (broad SMARTS) is 1. The van der Waals surface area contributed by atoms with Crippen molar-refractivity contribution >= 4 is 5.97 Å². The Kier molecular flexibility index (Phi) is 2.04. The summed E-state index contributed by atoms with van der Waals surface area (Å²) in [6.45, 7) is 0. The molecule has 4 nitrogen and oxygen atoms in total. The van der Waals surface area contributed by atoms with Gasteiger partial charge in [-0.15, -0.1) is 0 Å². The van der Waals surface area contributed by atoms with Crippen LogP contribution in [0.3, 0.4) is 0 Å². The van der Waals surface area contributed by atoms with Gasteiger partial charge in [-0.1, -0.05) is 0 Å². The van der Waals surface area contributed by atoms with E-state index in [9.17, 15) is 4.79 Å². The van der Waals surface area contributed by atoms with E-state index >= 15 is 0 Å². The zero-order chi connectivity index (χ0) is 9.26. The van der Waals surface area contributed by atoms with Crippen LogP contribution >= 0.6 is 0 Å². The molecule has 70 valence electrons. The molecule has 1 aromatic rings. The lowest BCUT2D eigenvalue weighted by Gasteiger charge is -1.90. The molecule has 0 aromatic carbocycles. The first-order chi connectivity index (χ1) is 6.25. The Bertz CT molecular complexity index is 314. The molecule has 1 fully saturated rings. The van der Waals surface area contributed by atoms with Crippen LogP contribution in [0.15, 0.2) is 10.6 Å². The van der Waals surface area contributed by atoms with Crippen LogP contribution in [-0.2, 0) is 11.2 Å². The van der Waals surface area contributed by atoms with E-state index in [1.165, 1.54) is 0 Å². The highest BCUT2D eigenvalue weighted by molar-refractivity contribution is 5.66. The fourth-order valence-electron chi connectivity index (χ4n) is 1.19. The van der Waals surface area contributed by atoms with Crippen molar-refractivity contribution in [3.8, 4) is 0 Å². The van der Waals surface area contributed by atoms with Crippen LogP contribution in [0.25, 0.3) is 0 Å². The summed E-state index contributed by atoms with van der Waals surface area (Å²) < 4.78 is 5.38. The molecule has 0 atom stereocenters. The second-order valence-corrected chi connectivity index (χ2v) is 3.33. The van der Waals surface area contributed by atoms with Crippen molar-refractivity contribution < 1.29 is 14.3 Å². The molecule has 0 amide bonds. The van der Waals surface area contributed by atoms with Crippen LogP contribution in [-0.4, -0.2) is 16.1 Å². The highest BCUT2D eigenvalue weighted by atomic mass is 16.4. The van der Waals surface area contributed by atoms with Gasteiger partial charge in [0, 0.05) is 12.3 Å². The third-order valence-electron chi connectivity index (χ3n) is 2.08. The van der Waals surface area contributed by atoms with E-state index in [1.54, 1.807) is 6.20 Å². The lowest BCUT2D eigenvalue weighted by Crippen LogP contribution is -1.96. The van der Waals surface area contributed by atoms with Crippen molar-refractivity contribution in [2.24, 2.45) is 0 Å². The van der Waals surface area contributed by atoms with Gasteiger partial charge in [0.2, 0.25) is 0 Å². The number of carboxylic acids is 1. The van der Waals surface area contributed by atoms with E-state index in [2.05, 4.69) is 4.98 Å². The molecule has 1 aliphatic carbocycles. The molecule has 1 aliphatic rings. The summed E-state index contributed by atoms with van der Waals surface area (Å²) in [4.78, 5) is 14.4. The molecule has 1 saturated carbocycles. The van der Waals surface area contributed by atoms with Crippen molar-refractivity contribution in [2.45, 2.75) is 31.6 Å². The van der Waals surface area contributed by atoms with Crippen molar-refractivity contribution in [1.82, 2.24) is 4.98 Å². The number of hydrogen-bond acceptors (Lipinski definition) is 3. The van der Waals surface area contributed by atoms with Crippen LogP contribution in [0, 0.1) is 0 Å². The highest BCUT2D eigenvalue weighted by Gasteiger charge is 2.28. The van der Waals surface area contributed by atoms with Gasteiger partial charge in [-0.3, -0.25) is 4.79 Å². The maximum absolute atomic E-state index is 10.3. The minimum atomic E-state index is -0.802. The van der Waals surface area contributed by atoms with Gasteiger partial charge in [0.05, 0.1) is 12.6 Å².